The molecule has 2 aliphatic heterocycles. The van der Waals surface area contributed by atoms with Crippen LogP contribution in [0.2, 0.25) is 0 Å². The molecule has 0 aromatic heterocycles. The van der Waals surface area contributed by atoms with Crippen molar-refractivity contribution in [1.29, 1.82) is 0 Å². The minimum absolute atomic E-state index is 0.833. The van der Waals surface area contributed by atoms with Gasteiger partial charge in [-0.3, -0.25) is 4.90 Å². The fourth-order valence-electron chi connectivity index (χ4n) is 2.65. The summed E-state index contributed by atoms with van der Waals surface area (Å²) in [5, 5.41) is 3.55. The van der Waals surface area contributed by atoms with E-state index in [1.165, 1.54) is 26.1 Å². The van der Waals surface area contributed by atoms with Gasteiger partial charge in [-0.2, -0.15) is 0 Å². The van der Waals surface area contributed by atoms with Crippen LogP contribution in [0.4, 0.5) is 0 Å². The zero-order valence-electron chi connectivity index (χ0n) is 7.51. The van der Waals surface area contributed by atoms with E-state index in [1.807, 2.05) is 0 Å². The highest BCUT2D eigenvalue weighted by molar-refractivity contribution is 5.07. The van der Waals surface area contributed by atoms with E-state index in [0.29, 0.717) is 0 Å². The fourth-order valence-corrected chi connectivity index (χ4v) is 2.65. The number of nitrogens with zero attached hydrogens (tertiary/aromatic N) is 1. The first-order valence-corrected chi connectivity index (χ1v) is 4.84. The molecule has 1 saturated carbocycles. The Morgan fingerprint density at radius 1 is 1.36 bits per heavy atom. The fraction of sp³-hybridized carbons (Fsp3) is 1.00. The topological polar surface area (TPSA) is 15.3 Å². The van der Waals surface area contributed by atoms with Crippen molar-refractivity contribution in [2.75, 3.05) is 19.6 Å². The van der Waals surface area contributed by atoms with Gasteiger partial charge >= 0.3 is 0 Å². The van der Waals surface area contributed by atoms with Gasteiger partial charge in [0.2, 0.25) is 0 Å². The third-order valence-electron chi connectivity index (χ3n) is 3.33. The van der Waals surface area contributed by atoms with E-state index >= 15 is 0 Å². The van der Waals surface area contributed by atoms with E-state index < -0.39 is 0 Å². The predicted octanol–water partition coefficient (Wildman–Crippen LogP) is 0.688. The number of likely N-dealkylation sites (N-methyl/N-ethyl adjacent to an activating group) is 1. The maximum Gasteiger partial charge on any atom is 0.0290 e. The van der Waals surface area contributed by atoms with Crippen LogP contribution in [0.5, 0.6) is 0 Å². The van der Waals surface area contributed by atoms with Crippen molar-refractivity contribution in [3.8, 4) is 0 Å². The van der Waals surface area contributed by atoms with E-state index in [4.69, 9.17) is 0 Å². The van der Waals surface area contributed by atoms with Crippen molar-refractivity contribution < 1.29 is 0 Å². The van der Waals surface area contributed by atoms with Crippen LogP contribution < -0.4 is 5.32 Å². The van der Waals surface area contributed by atoms with Crippen molar-refractivity contribution in [3.63, 3.8) is 0 Å². The van der Waals surface area contributed by atoms with Gasteiger partial charge < -0.3 is 5.32 Å². The van der Waals surface area contributed by atoms with Gasteiger partial charge in [0.1, 0.15) is 0 Å². The molecule has 3 atom stereocenters. The minimum atomic E-state index is 0.833. The van der Waals surface area contributed by atoms with Crippen LogP contribution in [0.1, 0.15) is 20.3 Å². The lowest BCUT2D eigenvalue weighted by atomic mass is 9.79. The first-order valence-electron chi connectivity index (χ1n) is 4.84. The van der Waals surface area contributed by atoms with Gasteiger partial charge in [0.25, 0.3) is 0 Å². The van der Waals surface area contributed by atoms with Crippen LogP contribution in [-0.2, 0) is 0 Å². The van der Waals surface area contributed by atoms with Gasteiger partial charge in [0.15, 0.2) is 0 Å². The Kier molecular flexibility index (Phi) is 1.90. The monoisotopic (exact) mass is 154 g/mol. The molecule has 2 nitrogen and oxygen atoms in total. The van der Waals surface area contributed by atoms with Crippen molar-refractivity contribution in [2.45, 2.75) is 32.4 Å². The highest BCUT2D eigenvalue weighted by Crippen LogP contribution is 2.37. The molecular formula is C9H18N2. The van der Waals surface area contributed by atoms with Crippen LogP contribution in [0.25, 0.3) is 0 Å². The average molecular weight is 154 g/mol. The molecule has 2 saturated heterocycles. The Labute approximate surface area is 69.0 Å². The van der Waals surface area contributed by atoms with Crippen LogP contribution in [-0.4, -0.2) is 36.6 Å². The van der Waals surface area contributed by atoms with Crippen molar-refractivity contribution in [2.24, 2.45) is 5.92 Å². The number of rotatable bonds is 3. The largest absolute Gasteiger partial charge is 0.312 e. The van der Waals surface area contributed by atoms with Gasteiger partial charge in [-0.15, -0.1) is 0 Å². The molecule has 2 heteroatoms. The second kappa shape index (κ2) is 2.76. The third kappa shape index (κ3) is 1.00. The Balaban J connectivity index is 1.95. The number of nitrogens with one attached hydrogen (secondary N) is 1. The molecule has 2 bridgehead atoms. The van der Waals surface area contributed by atoms with E-state index in [-0.39, 0.29) is 0 Å². The summed E-state index contributed by atoms with van der Waals surface area (Å²) < 4.78 is 0. The molecule has 3 rings (SSSR count). The molecule has 0 radical (unpaired) electrons. The molecule has 0 spiro atoms. The highest BCUT2D eigenvalue weighted by Gasteiger charge is 2.48. The Morgan fingerprint density at radius 3 is 2.45 bits per heavy atom. The molecule has 3 unspecified atom stereocenters. The molecule has 2 heterocycles. The van der Waals surface area contributed by atoms with Gasteiger partial charge in [0, 0.05) is 12.1 Å². The lowest BCUT2D eigenvalue weighted by molar-refractivity contribution is 0.0921. The molecule has 0 amide bonds. The zero-order valence-corrected chi connectivity index (χ0v) is 7.51. The van der Waals surface area contributed by atoms with Gasteiger partial charge in [0.05, 0.1) is 0 Å². The molecule has 11 heavy (non-hydrogen) atoms. The molecule has 3 aliphatic rings. The summed E-state index contributed by atoms with van der Waals surface area (Å²) in [6.45, 7) is 8.24. The van der Waals surface area contributed by atoms with E-state index in [1.54, 1.807) is 0 Å². The molecule has 0 aromatic carbocycles. The summed E-state index contributed by atoms with van der Waals surface area (Å²) in [5.41, 5.74) is 0. The standard InChI is InChI=1S/C9H18N2/c1-3-11(4-2)9-7-5-8(9)10-6-7/h7-10H,3-6H2,1-2H3. The Bertz CT molecular complexity index is 128. The van der Waals surface area contributed by atoms with Gasteiger partial charge in [-0.25, -0.2) is 0 Å². The molecule has 64 valence electrons. The lowest BCUT2D eigenvalue weighted by Gasteiger charge is -2.42. The number of fused-ring (bicyclic) bond motifs is 1. The molecule has 0 aromatic rings. The smallest absolute Gasteiger partial charge is 0.0290 e. The zero-order chi connectivity index (χ0) is 7.84. The van der Waals surface area contributed by atoms with E-state index in [9.17, 15) is 0 Å². The highest BCUT2D eigenvalue weighted by atomic mass is 15.2. The Hall–Kier alpha value is -0.0800. The first-order chi connectivity index (χ1) is 5.36. The van der Waals surface area contributed by atoms with E-state index in [0.717, 1.165) is 18.0 Å². The second-order valence-electron chi connectivity index (χ2n) is 3.72. The van der Waals surface area contributed by atoms with Crippen LogP contribution >= 0.6 is 0 Å². The molecule has 1 aliphatic carbocycles. The predicted molar refractivity (Wildman–Crippen MR) is 46.6 cm³/mol. The summed E-state index contributed by atoms with van der Waals surface area (Å²) in [4.78, 5) is 2.60. The summed E-state index contributed by atoms with van der Waals surface area (Å²) in [7, 11) is 0. The number of hydrogen-bond acceptors (Lipinski definition) is 2. The van der Waals surface area contributed by atoms with Crippen LogP contribution in [0, 0.1) is 5.92 Å². The molecule has 3 fully saturated rings. The van der Waals surface area contributed by atoms with Gasteiger partial charge in [-0.1, -0.05) is 13.8 Å². The summed E-state index contributed by atoms with van der Waals surface area (Å²) in [5.74, 6) is 0.972. The van der Waals surface area contributed by atoms with E-state index in [2.05, 4.69) is 24.1 Å². The molecule has 1 N–H and O–H groups in total. The van der Waals surface area contributed by atoms with Crippen LogP contribution in [0.15, 0.2) is 0 Å². The minimum Gasteiger partial charge on any atom is -0.312 e. The average Bonchev–Trinajstić information content (AvgIpc) is 2.59. The third-order valence-corrected chi connectivity index (χ3v) is 3.33. The summed E-state index contributed by atoms with van der Waals surface area (Å²) in [6, 6.07) is 1.71. The summed E-state index contributed by atoms with van der Waals surface area (Å²) >= 11 is 0. The Morgan fingerprint density at radius 2 is 2.09 bits per heavy atom. The lowest BCUT2D eigenvalue weighted by Crippen LogP contribution is -2.54. The number of hydrogen-bond donors (Lipinski definition) is 1. The van der Waals surface area contributed by atoms with Crippen molar-refractivity contribution >= 4 is 0 Å². The molecular weight excluding hydrogens is 136 g/mol. The normalized spacial score (nSPS) is 41.2. The van der Waals surface area contributed by atoms with Gasteiger partial charge in [-0.05, 0) is 32.0 Å². The first kappa shape index (κ1) is 7.56. The quantitative estimate of drug-likeness (QED) is 0.643. The van der Waals surface area contributed by atoms with Crippen molar-refractivity contribution in [3.05, 3.63) is 0 Å². The maximum atomic E-state index is 3.55. The summed E-state index contributed by atoms with van der Waals surface area (Å²) in [6.07, 6.45) is 1.43. The van der Waals surface area contributed by atoms with Crippen LogP contribution in [0.3, 0.4) is 0 Å². The van der Waals surface area contributed by atoms with Crippen molar-refractivity contribution in [1.82, 2.24) is 10.2 Å². The maximum absolute atomic E-state index is 3.55. The SMILES string of the molecule is CCN(CC)C1C2CNC1C2. The second-order valence-corrected chi connectivity index (χ2v) is 3.72.